The van der Waals surface area contributed by atoms with E-state index >= 15 is 0 Å². The normalized spacial score (nSPS) is 10.2. The molecule has 0 radical (unpaired) electrons. The Bertz CT molecular complexity index is 464. The van der Waals surface area contributed by atoms with Crippen molar-refractivity contribution in [1.82, 2.24) is 5.32 Å². The largest absolute Gasteiger partial charge is 0.464 e. The van der Waals surface area contributed by atoms with E-state index in [1.54, 1.807) is 6.26 Å². The van der Waals surface area contributed by atoms with E-state index in [-0.39, 0.29) is 0 Å². The molecular weight excluding hydrogens is 174 g/mol. The number of nitrogens with one attached hydrogen (secondary N) is 1. The average Bonchev–Trinajstić information content (AvgIpc) is 2.65. The van der Waals surface area contributed by atoms with Crippen molar-refractivity contribution in [2.24, 2.45) is 0 Å². The summed E-state index contributed by atoms with van der Waals surface area (Å²) >= 11 is 0. The van der Waals surface area contributed by atoms with Crippen molar-refractivity contribution >= 4 is 11.0 Å². The van der Waals surface area contributed by atoms with Gasteiger partial charge in [-0.3, -0.25) is 0 Å². The van der Waals surface area contributed by atoms with E-state index in [0.717, 1.165) is 17.5 Å². The van der Waals surface area contributed by atoms with Gasteiger partial charge in [-0.25, -0.2) is 0 Å². The predicted molar refractivity (Wildman–Crippen MR) is 56.8 cm³/mol. The second-order valence-electron chi connectivity index (χ2n) is 3.10. The molecule has 2 rings (SSSR count). The van der Waals surface area contributed by atoms with Crippen molar-refractivity contribution in [3.05, 3.63) is 36.1 Å². The molecule has 0 atom stereocenters. The number of hydrogen-bond acceptors (Lipinski definition) is 2. The van der Waals surface area contributed by atoms with Crippen LogP contribution in [-0.2, 0) is 6.54 Å². The molecule has 2 nitrogen and oxygen atoms in total. The van der Waals surface area contributed by atoms with Gasteiger partial charge in [0.25, 0.3) is 0 Å². The van der Waals surface area contributed by atoms with Crippen LogP contribution in [0, 0.1) is 12.3 Å². The molecule has 0 aliphatic rings. The van der Waals surface area contributed by atoms with Crippen molar-refractivity contribution in [2.45, 2.75) is 6.54 Å². The summed E-state index contributed by atoms with van der Waals surface area (Å²) in [5.74, 6) is 2.54. The second kappa shape index (κ2) is 3.99. The first kappa shape index (κ1) is 8.86. The van der Waals surface area contributed by atoms with Gasteiger partial charge in [-0.1, -0.05) is 12.0 Å². The van der Waals surface area contributed by atoms with E-state index in [2.05, 4.69) is 17.3 Å². The average molecular weight is 185 g/mol. The maximum absolute atomic E-state index is 5.25. The Hall–Kier alpha value is -1.72. The molecule has 0 aliphatic carbocycles. The van der Waals surface area contributed by atoms with E-state index in [1.807, 2.05) is 18.2 Å². The zero-order valence-corrected chi connectivity index (χ0v) is 7.79. The van der Waals surface area contributed by atoms with E-state index < -0.39 is 0 Å². The van der Waals surface area contributed by atoms with Gasteiger partial charge in [0.1, 0.15) is 5.58 Å². The minimum atomic E-state index is 0.601. The molecule has 70 valence electrons. The maximum atomic E-state index is 5.25. The quantitative estimate of drug-likeness (QED) is 0.585. The van der Waals surface area contributed by atoms with Crippen molar-refractivity contribution in [3.8, 4) is 12.3 Å². The van der Waals surface area contributed by atoms with Crippen LogP contribution >= 0.6 is 0 Å². The van der Waals surface area contributed by atoms with Crippen LogP contribution in [-0.4, -0.2) is 6.54 Å². The fraction of sp³-hybridized carbons (Fsp3) is 0.167. The molecule has 0 fully saturated rings. The highest BCUT2D eigenvalue weighted by molar-refractivity contribution is 5.77. The lowest BCUT2D eigenvalue weighted by Crippen LogP contribution is -2.12. The van der Waals surface area contributed by atoms with Gasteiger partial charge in [-0.2, -0.15) is 0 Å². The fourth-order valence-electron chi connectivity index (χ4n) is 1.41. The lowest BCUT2D eigenvalue weighted by Gasteiger charge is -2.00. The van der Waals surface area contributed by atoms with Crippen LogP contribution in [0.15, 0.2) is 34.9 Å². The number of terminal acetylenes is 1. The molecule has 2 heteroatoms. The number of benzene rings is 1. The molecule has 2 aromatic rings. The Balaban J connectivity index is 2.14. The number of hydrogen-bond donors (Lipinski definition) is 1. The molecule has 0 saturated heterocycles. The zero-order valence-electron chi connectivity index (χ0n) is 7.79. The van der Waals surface area contributed by atoms with Crippen molar-refractivity contribution < 1.29 is 4.42 Å². The molecular formula is C12H11NO. The van der Waals surface area contributed by atoms with E-state index in [1.165, 1.54) is 5.56 Å². The Kier molecular flexibility index (Phi) is 2.53. The molecule has 0 aliphatic heterocycles. The molecule has 0 bridgehead atoms. The molecule has 1 aromatic carbocycles. The summed E-state index contributed by atoms with van der Waals surface area (Å²) < 4.78 is 5.25. The van der Waals surface area contributed by atoms with Gasteiger partial charge >= 0.3 is 0 Å². The Labute approximate surface area is 82.9 Å². The highest BCUT2D eigenvalue weighted by Crippen LogP contribution is 2.16. The summed E-state index contributed by atoms with van der Waals surface area (Å²) in [6, 6.07) is 8.07. The van der Waals surface area contributed by atoms with Crippen LogP contribution in [0.4, 0.5) is 0 Å². The number of furan rings is 1. The van der Waals surface area contributed by atoms with Crippen LogP contribution in [0.25, 0.3) is 11.0 Å². The van der Waals surface area contributed by atoms with Gasteiger partial charge < -0.3 is 9.73 Å². The fourth-order valence-corrected chi connectivity index (χ4v) is 1.41. The molecule has 1 aromatic heterocycles. The molecule has 0 unspecified atom stereocenters. The Morgan fingerprint density at radius 3 is 3.14 bits per heavy atom. The third kappa shape index (κ3) is 1.78. The Morgan fingerprint density at radius 1 is 1.36 bits per heavy atom. The molecule has 1 N–H and O–H groups in total. The molecule has 0 spiro atoms. The lowest BCUT2D eigenvalue weighted by molar-refractivity contribution is 0.615. The third-order valence-electron chi connectivity index (χ3n) is 2.07. The van der Waals surface area contributed by atoms with Gasteiger partial charge in [-0.15, -0.1) is 6.42 Å². The highest BCUT2D eigenvalue weighted by Gasteiger charge is 1.97. The van der Waals surface area contributed by atoms with Crippen LogP contribution in [0.1, 0.15) is 5.56 Å². The summed E-state index contributed by atoms with van der Waals surface area (Å²) in [5.41, 5.74) is 2.14. The molecule has 0 amide bonds. The number of fused-ring (bicyclic) bond motifs is 1. The monoisotopic (exact) mass is 185 g/mol. The standard InChI is InChI=1S/C12H11NO/c1-2-6-13-9-10-3-4-12-11(8-10)5-7-14-12/h1,3-5,7-8,13H,6,9H2. The SMILES string of the molecule is C#CCNCc1ccc2occc2c1. The van der Waals surface area contributed by atoms with Gasteiger partial charge in [0.05, 0.1) is 12.8 Å². The van der Waals surface area contributed by atoms with Gasteiger partial charge in [0.2, 0.25) is 0 Å². The van der Waals surface area contributed by atoms with E-state index in [0.29, 0.717) is 6.54 Å². The topological polar surface area (TPSA) is 25.2 Å². The van der Waals surface area contributed by atoms with Gasteiger partial charge in [-0.05, 0) is 23.8 Å². The smallest absolute Gasteiger partial charge is 0.133 e. The summed E-state index contributed by atoms with van der Waals surface area (Å²) in [4.78, 5) is 0. The van der Waals surface area contributed by atoms with E-state index in [4.69, 9.17) is 10.8 Å². The van der Waals surface area contributed by atoms with Gasteiger partial charge in [0.15, 0.2) is 0 Å². The van der Waals surface area contributed by atoms with Gasteiger partial charge in [0, 0.05) is 11.9 Å². The summed E-state index contributed by atoms with van der Waals surface area (Å²) in [6.07, 6.45) is 6.84. The minimum absolute atomic E-state index is 0.601. The van der Waals surface area contributed by atoms with Crippen LogP contribution in [0.3, 0.4) is 0 Å². The first-order valence-corrected chi connectivity index (χ1v) is 4.50. The van der Waals surface area contributed by atoms with Crippen molar-refractivity contribution in [1.29, 1.82) is 0 Å². The highest BCUT2D eigenvalue weighted by atomic mass is 16.3. The Morgan fingerprint density at radius 2 is 2.29 bits per heavy atom. The summed E-state index contributed by atoms with van der Waals surface area (Å²) in [6.45, 7) is 1.40. The van der Waals surface area contributed by atoms with Crippen molar-refractivity contribution in [3.63, 3.8) is 0 Å². The summed E-state index contributed by atoms with van der Waals surface area (Å²) in [7, 11) is 0. The first-order chi connectivity index (χ1) is 6.90. The third-order valence-corrected chi connectivity index (χ3v) is 2.07. The predicted octanol–water partition coefficient (Wildman–Crippen LogP) is 2.16. The zero-order chi connectivity index (χ0) is 9.80. The lowest BCUT2D eigenvalue weighted by atomic mass is 10.1. The van der Waals surface area contributed by atoms with E-state index in [9.17, 15) is 0 Å². The maximum Gasteiger partial charge on any atom is 0.133 e. The first-order valence-electron chi connectivity index (χ1n) is 4.50. The molecule has 1 heterocycles. The second-order valence-corrected chi connectivity index (χ2v) is 3.10. The van der Waals surface area contributed by atoms with Crippen molar-refractivity contribution in [2.75, 3.05) is 6.54 Å². The minimum Gasteiger partial charge on any atom is -0.464 e. The summed E-state index contributed by atoms with van der Waals surface area (Å²) in [5, 5.41) is 4.27. The van der Waals surface area contributed by atoms with Crippen LogP contribution in [0.5, 0.6) is 0 Å². The number of rotatable bonds is 3. The molecule has 0 saturated carbocycles. The van der Waals surface area contributed by atoms with Crippen LogP contribution in [0.2, 0.25) is 0 Å². The van der Waals surface area contributed by atoms with Crippen LogP contribution < -0.4 is 5.32 Å². The molecule has 14 heavy (non-hydrogen) atoms.